The average Bonchev–Trinajstić information content (AvgIpc) is 3.40. The highest BCUT2D eigenvalue weighted by atomic mass is 32.2. The molecule has 3 aromatic rings. The number of aromatic nitrogens is 1. The lowest BCUT2D eigenvalue weighted by Gasteiger charge is -2.20. The Morgan fingerprint density at radius 3 is 2.91 bits per heavy atom. The number of benzene rings is 2. The number of hydrogen-bond acceptors (Lipinski definition) is 6. The van der Waals surface area contributed by atoms with Crippen molar-refractivity contribution in [2.75, 3.05) is 35.6 Å². The third-order valence-electron chi connectivity index (χ3n) is 6.70. The van der Waals surface area contributed by atoms with Crippen LogP contribution in [0.25, 0.3) is 10.9 Å². The van der Waals surface area contributed by atoms with Gasteiger partial charge in [-0.25, -0.2) is 4.79 Å². The maximum atomic E-state index is 12.5. The van der Waals surface area contributed by atoms with Gasteiger partial charge < -0.3 is 19.9 Å². The highest BCUT2D eigenvalue weighted by molar-refractivity contribution is 8.00. The zero-order chi connectivity index (χ0) is 23.2. The third-order valence-corrected chi connectivity index (χ3v) is 7.77. The number of hydrogen-bond donors (Lipinski definition) is 2. The number of thioether (sulfide) groups is 1. The van der Waals surface area contributed by atoms with Crippen molar-refractivity contribution < 1.29 is 14.3 Å². The lowest BCUT2D eigenvalue weighted by molar-refractivity contribution is -0.113. The summed E-state index contributed by atoms with van der Waals surface area (Å²) in [4.78, 5) is 39.1. The van der Waals surface area contributed by atoms with E-state index in [2.05, 4.69) is 16.7 Å². The van der Waals surface area contributed by atoms with Gasteiger partial charge in [0.2, 0.25) is 5.91 Å². The summed E-state index contributed by atoms with van der Waals surface area (Å²) in [6.07, 6.45) is 0.132. The Balaban J connectivity index is 1.05. The van der Waals surface area contributed by atoms with Gasteiger partial charge >= 0.3 is 6.09 Å². The van der Waals surface area contributed by atoms with Crippen LogP contribution in [-0.2, 0) is 16.1 Å². The van der Waals surface area contributed by atoms with Gasteiger partial charge in [-0.1, -0.05) is 18.2 Å². The Hall–Kier alpha value is -3.30. The van der Waals surface area contributed by atoms with Crippen molar-refractivity contribution >= 4 is 46.0 Å². The van der Waals surface area contributed by atoms with Crippen LogP contribution in [0.4, 0.5) is 16.2 Å². The molecule has 2 atom stereocenters. The summed E-state index contributed by atoms with van der Waals surface area (Å²) in [6, 6.07) is 15.4. The van der Waals surface area contributed by atoms with E-state index in [1.807, 2.05) is 41.0 Å². The fraction of sp³-hybridized carbons (Fsp3) is 0.320. The Bertz CT molecular complexity index is 1370. The molecule has 34 heavy (non-hydrogen) atoms. The minimum atomic E-state index is -0.364. The summed E-state index contributed by atoms with van der Waals surface area (Å²) in [6.45, 7) is 2.62. The molecule has 4 heterocycles. The number of nitrogens with zero attached hydrogens (tertiary/aromatic N) is 2. The topological polar surface area (TPSA) is 92.7 Å². The Labute approximate surface area is 200 Å². The van der Waals surface area contributed by atoms with E-state index in [1.54, 1.807) is 11.0 Å². The molecule has 3 aliphatic heterocycles. The van der Waals surface area contributed by atoms with Crippen molar-refractivity contribution in [3.63, 3.8) is 0 Å². The van der Waals surface area contributed by atoms with Crippen LogP contribution >= 0.6 is 11.8 Å². The van der Waals surface area contributed by atoms with Gasteiger partial charge in [0.1, 0.15) is 6.10 Å². The van der Waals surface area contributed by atoms with Crippen LogP contribution in [0.3, 0.4) is 0 Å². The second-order valence-corrected chi connectivity index (χ2v) is 9.91. The van der Waals surface area contributed by atoms with Gasteiger partial charge in [0.25, 0.3) is 5.56 Å². The summed E-state index contributed by atoms with van der Waals surface area (Å²) in [5.41, 5.74) is 3.76. The fourth-order valence-electron chi connectivity index (χ4n) is 5.05. The smallest absolute Gasteiger partial charge is 0.414 e. The molecule has 3 aliphatic rings. The summed E-state index contributed by atoms with van der Waals surface area (Å²) in [5.74, 6) is 0.616. The molecule has 8 nitrogen and oxygen atoms in total. The number of fused-ring (bicyclic) bond motifs is 1. The van der Waals surface area contributed by atoms with Crippen LogP contribution in [0.1, 0.15) is 17.9 Å². The molecule has 0 radical (unpaired) electrons. The largest absolute Gasteiger partial charge is 0.444 e. The SMILES string of the molecule is O=C1CSc2ccc(N3C[C@H](CCNC[C@@H]4Cn5c(=O)ccc6cccc4c65)OC3=O)cc2N1. The molecule has 0 aliphatic carbocycles. The summed E-state index contributed by atoms with van der Waals surface area (Å²) in [7, 11) is 0. The zero-order valence-electron chi connectivity index (χ0n) is 18.5. The van der Waals surface area contributed by atoms with Gasteiger partial charge in [0.15, 0.2) is 0 Å². The van der Waals surface area contributed by atoms with Gasteiger partial charge in [-0.05, 0) is 48.2 Å². The van der Waals surface area contributed by atoms with E-state index in [-0.39, 0.29) is 29.6 Å². The normalized spacial score (nSPS) is 21.0. The molecule has 1 aromatic heterocycles. The van der Waals surface area contributed by atoms with Crippen molar-refractivity contribution in [2.45, 2.75) is 29.9 Å². The second kappa shape index (κ2) is 8.48. The molecule has 2 N–H and O–H groups in total. The number of amides is 2. The molecule has 9 heteroatoms. The maximum Gasteiger partial charge on any atom is 0.414 e. The zero-order valence-corrected chi connectivity index (χ0v) is 19.3. The number of cyclic esters (lactones) is 1. The molecule has 2 aromatic carbocycles. The number of ether oxygens (including phenoxy) is 1. The Morgan fingerprint density at radius 1 is 1.09 bits per heavy atom. The van der Waals surface area contributed by atoms with Crippen LogP contribution < -0.4 is 21.1 Å². The minimum absolute atomic E-state index is 0.0333. The van der Waals surface area contributed by atoms with E-state index in [4.69, 9.17) is 4.74 Å². The molecule has 0 unspecified atom stereocenters. The van der Waals surface area contributed by atoms with Crippen molar-refractivity contribution in [1.82, 2.24) is 9.88 Å². The van der Waals surface area contributed by atoms with E-state index in [9.17, 15) is 14.4 Å². The molecule has 1 fully saturated rings. The molecule has 0 spiro atoms. The number of para-hydroxylation sites is 1. The van der Waals surface area contributed by atoms with Crippen molar-refractivity contribution in [1.29, 1.82) is 0 Å². The summed E-state index contributed by atoms with van der Waals surface area (Å²) < 4.78 is 7.46. The summed E-state index contributed by atoms with van der Waals surface area (Å²) in [5, 5.41) is 7.45. The number of pyridine rings is 1. The number of carbonyl (C=O) groups is 2. The van der Waals surface area contributed by atoms with E-state index >= 15 is 0 Å². The molecular formula is C25H24N4O4S. The van der Waals surface area contributed by atoms with Gasteiger partial charge in [-0.2, -0.15) is 0 Å². The van der Waals surface area contributed by atoms with Crippen LogP contribution in [0.15, 0.2) is 58.2 Å². The molecule has 2 amide bonds. The summed E-state index contributed by atoms with van der Waals surface area (Å²) >= 11 is 1.49. The van der Waals surface area contributed by atoms with Crippen LogP contribution in [0.2, 0.25) is 0 Å². The predicted octanol–water partition coefficient (Wildman–Crippen LogP) is 3.15. The Kier molecular flexibility index (Phi) is 5.30. The van der Waals surface area contributed by atoms with E-state index in [0.29, 0.717) is 31.8 Å². The lowest BCUT2D eigenvalue weighted by Crippen LogP contribution is -2.28. The first-order chi connectivity index (χ1) is 16.6. The van der Waals surface area contributed by atoms with Gasteiger partial charge in [0, 0.05) is 35.7 Å². The van der Waals surface area contributed by atoms with Gasteiger partial charge in [-0.3, -0.25) is 14.5 Å². The van der Waals surface area contributed by atoms with E-state index in [0.717, 1.165) is 33.7 Å². The van der Waals surface area contributed by atoms with Crippen LogP contribution in [-0.4, -0.2) is 48.1 Å². The molecule has 0 bridgehead atoms. The number of rotatable bonds is 6. The maximum absolute atomic E-state index is 12.5. The van der Waals surface area contributed by atoms with E-state index in [1.165, 1.54) is 17.3 Å². The average molecular weight is 477 g/mol. The first-order valence-electron chi connectivity index (χ1n) is 11.4. The lowest BCUT2D eigenvalue weighted by atomic mass is 10.00. The van der Waals surface area contributed by atoms with Gasteiger partial charge in [0.05, 0.1) is 23.5 Å². The molecule has 6 rings (SSSR count). The molecule has 1 saturated heterocycles. The fourth-order valence-corrected chi connectivity index (χ4v) is 5.84. The molecule has 174 valence electrons. The highest BCUT2D eigenvalue weighted by Crippen LogP contribution is 2.36. The second-order valence-electron chi connectivity index (χ2n) is 8.89. The van der Waals surface area contributed by atoms with Crippen molar-refractivity contribution in [2.24, 2.45) is 0 Å². The monoisotopic (exact) mass is 476 g/mol. The van der Waals surface area contributed by atoms with Crippen LogP contribution in [0, 0.1) is 0 Å². The van der Waals surface area contributed by atoms with Crippen molar-refractivity contribution in [3.8, 4) is 0 Å². The van der Waals surface area contributed by atoms with Crippen molar-refractivity contribution in [3.05, 3.63) is 64.4 Å². The van der Waals surface area contributed by atoms with Gasteiger partial charge in [-0.15, -0.1) is 11.8 Å². The quantitative estimate of drug-likeness (QED) is 0.531. The standard InChI is InChI=1S/C25H24N4O4S/c30-22-14-34-21-6-5-17(10-20(21)27-22)28-13-18(33-25(28)32)8-9-26-11-16-12-29-23(31)7-4-15-2-1-3-19(16)24(15)29/h1-7,10,16,18,26H,8-9,11-14H2,(H,27,30)/t16-,18+/m1/s1. The first kappa shape index (κ1) is 21.2. The first-order valence-corrected chi connectivity index (χ1v) is 12.4. The van der Waals surface area contributed by atoms with E-state index < -0.39 is 0 Å². The Morgan fingerprint density at radius 2 is 2.00 bits per heavy atom. The number of anilines is 2. The third kappa shape index (κ3) is 3.74. The molecule has 0 saturated carbocycles. The van der Waals surface area contributed by atoms with Crippen LogP contribution in [0.5, 0.6) is 0 Å². The number of carbonyl (C=O) groups excluding carboxylic acids is 2. The predicted molar refractivity (Wildman–Crippen MR) is 132 cm³/mol. The highest BCUT2D eigenvalue weighted by Gasteiger charge is 2.33. The minimum Gasteiger partial charge on any atom is -0.444 e. The number of nitrogens with one attached hydrogen (secondary N) is 2. The molecular weight excluding hydrogens is 452 g/mol.